The van der Waals surface area contributed by atoms with Gasteiger partial charge in [-0.2, -0.15) is 0 Å². The van der Waals surface area contributed by atoms with Crippen LogP contribution in [0, 0.1) is 0 Å². The molecule has 0 aliphatic rings. The first-order chi connectivity index (χ1) is 9.60. The Morgan fingerprint density at radius 3 is 2.05 bits per heavy atom. The second kappa shape index (κ2) is 8.66. The number of anilines is 1. The van der Waals surface area contributed by atoms with Crippen LogP contribution in [0.1, 0.15) is 0 Å². The molecule has 0 saturated heterocycles. The molecule has 0 bridgehead atoms. The minimum absolute atomic E-state index is 0.263. The number of halogens is 2. The van der Waals surface area contributed by atoms with Crippen LogP contribution in [0.5, 0.6) is 0 Å². The van der Waals surface area contributed by atoms with Gasteiger partial charge in [0.25, 0.3) is 0 Å². The number of hydrogen-bond acceptors (Lipinski definition) is 3. The molecule has 0 heterocycles. The molecule has 1 aromatic rings. The highest BCUT2D eigenvalue weighted by atomic mass is 35.5. The molecular weight excluding hydrogens is 303 g/mol. The van der Waals surface area contributed by atoms with Gasteiger partial charge in [-0.25, -0.2) is 0 Å². The lowest BCUT2D eigenvalue weighted by Crippen LogP contribution is -2.48. The molecule has 0 aliphatic heterocycles. The number of nitrogens with zero attached hydrogens (tertiary/aromatic N) is 2. The summed E-state index contributed by atoms with van der Waals surface area (Å²) < 4.78 is 0. The van der Waals surface area contributed by atoms with Crippen LogP contribution in [0.15, 0.2) is 30.3 Å². The van der Waals surface area contributed by atoms with Crippen LogP contribution < -0.4 is 10.0 Å². The van der Waals surface area contributed by atoms with Gasteiger partial charge in [-0.3, -0.25) is 4.79 Å². The topological polar surface area (TPSA) is 63.7 Å². The highest BCUT2D eigenvalue weighted by Crippen LogP contribution is 2.13. The van der Waals surface area contributed by atoms with Gasteiger partial charge in [0.15, 0.2) is 0 Å². The smallest absolute Gasteiger partial charge is 0.242 e. The maximum atomic E-state index is 12.1. The number of para-hydroxylation sites is 1. The molecule has 0 aliphatic carbocycles. The van der Waals surface area contributed by atoms with Crippen LogP contribution in [0.2, 0.25) is 0 Å². The van der Waals surface area contributed by atoms with E-state index in [9.17, 15) is 14.7 Å². The van der Waals surface area contributed by atoms with E-state index in [-0.39, 0.29) is 24.2 Å². The summed E-state index contributed by atoms with van der Waals surface area (Å²) in [4.78, 5) is 25.6. The van der Waals surface area contributed by atoms with Crippen LogP contribution >= 0.6 is 23.2 Å². The number of hydrogen-bond donors (Lipinski definition) is 0. The van der Waals surface area contributed by atoms with Gasteiger partial charge in [0.05, 0.1) is 0 Å². The lowest BCUT2D eigenvalue weighted by atomic mass is 10.3. The van der Waals surface area contributed by atoms with E-state index >= 15 is 0 Å². The fourth-order valence-electron chi connectivity index (χ4n) is 1.67. The third-order valence-corrected chi connectivity index (χ3v) is 2.98. The van der Waals surface area contributed by atoms with E-state index < -0.39 is 6.09 Å². The molecule has 0 N–H and O–H groups in total. The predicted octanol–water partition coefficient (Wildman–Crippen LogP) is 1.14. The summed E-state index contributed by atoms with van der Waals surface area (Å²) in [5, 5.41) is 11.2. The normalized spacial score (nSPS) is 10.1. The molecule has 5 nitrogen and oxygen atoms in total. The molecule has 0 unspecified atom stereocenters. The SMILES string of the molecule is O=C(CN(C(=O)[O-])c1ccccc1)N(CCCl)CCCl. The molecule has 1 aromatic carbocycles. The molecule has 7 heteroatoms. The monoisotopic (exact) mass is 317 g/mol. The summed E-state index contributed by atoms with van der Waals surface area (Å²) in [7, 11) is 0. The maximum Gasteiger partial charge on any atom is 0.242 e. The molecule has 2 amide bonds. The van der Waals surface area contributed by atoms with E-state index in [1.54, 1.807) is 30.3 Å². The minimum atomic E-state index is -1.43. The van der Waals surface area contributed by atoms with Gasteiger partial charge in [0.1, 0.15) is 12.6 Å². The first-order valence-electron chi connectivity index (χ1n) is 6.03. The summed E-state index contributed by atoms with van der Waals surface area (Å²) in [6, 6.07) is 8.31. The van der Waals surface area contributed by atoms with Crippen LogP contribution in [0.25, 0.3) is 0 Å². The highest BCUT2D eigenvalue weighted by molar-refractivity contribution is 6.18. The number of rotatable bonds is 7. The van der Waals surface area contributed by atoms with Crippen LogP contribution in [0.3, 0.4) is 0 Å². The van der Waals surface area contributed by atoms with Crippen LogP contribution in [-0.4, -0.2) is 48.3 Å². The number of alkyl halides is 2. The molecule has 0 atom stereocenters. The molecule has 0 radical (unpaired) electrons. The number of benzene rings is 1. The summed E-state index contributed by atoms with van der Waals surface area (Å²) in [5.41, 5.74) is 0.387. The largest absolute Gasteiger partial charge is 0.530 e. The molecule has 110 valence electrons. The van der Waals surface area contributed by atoms with Crippen LogP contribution in [-0.2, 0) is 4.79 Å². The standard InChI is InChI=1S/C13H16Cl2N2O3/c14-6-8-16(9-7-15)12(18)10-17(13(19)20)11-4-2-1-3-5-11/h1-5H,6-10H2,(H,19,20)/p-1. The molecule has 20 heavy (non-hydrogen) atoms. The third kappa shape index (κ3) is 4.90. The fourth-order valence-corrected chi connectivity index (χ4v) is 2.08. The van der Waals surface area contributed by atoms with E-state index in [1.165, 1.54) is 4.90 Å². The third-order valence-electron chi connectivity index (χ3n) is 2.64. The Hall–Kier alpha value is -1.46. The molecule has 1 rings (SSSR count). The average molecular weight is 318 g/mol. The Balaban J connectivity index is 2.80. The fraction of sp³-hybridized carbons (Fsp3) is 0.385. The van der Waals surface area contributed by atoms with Crippen LogP contribution in [0.4, 0.5) is 10.5 Å². The highest BCUT2D eigenvalue weighted by Gasteiger charge is 2.17. The zero-order chi connectivity index (χ0) is 15.0. The van der Waals surface area contributed by atoms with Gasteiger partial charge in [-0.05, 0) is 12.1 Å². The summed E-state index contributed by atoms with van der Waals surface area (Å²) in [6.07, 6.45) is -1.43. The van der Waals surface area contributed by atoms with Crippen molar-refractivity contribution in [2.24, 2.45) is 0 Å². The summed E-state index contributed by atoms with van der Waals surface area (Å²) in [5.74, 6) is 0.165. The predicted molar refractivity (Wildman–Crippen MR) is 77.2 cm³/mol. The van der Waals surface area contributed by atoms with Crippen molar-refractivity contribution in [1.82, 2.24) is 4.90 Å². The second-order valence-electron chi connectivity index (χ2n) is 3.95. The Bertz CT molecular complexity index is 437. The van der Waals surface area contributed by atoms with Crippen molar-refractivity contribution in [3.05, 3.63) is 30.3 Å². The Kier molecular flexibility index (Phi) is 7.18. The summed E-state index contributed by atoms with van der Waals surface area (Å²) in [6.45, 7) is 0.325. The van der Waals surface area contributed by atoms with E-state index in [1.807, 2.05) is 0 Å². The Morgan fingerprint density at radius 2 is 1.60 bits per heavy atom. The molecule has 0 fully saturated rings. The number of carbonyl (C=O) groups excluding carboxylic acids is 2. The minimum Gasteiger partial charge on any atom is -0.530 e. The van der Waals surface area contributed by atoms with Crippen molar-refractivity contribution in [1.29, 1.82) is 0 Å². The van der Waals surface area contributed by atoms with Crippen molar-refractivity contribution in [2.45, 2.75) is 0 Å². The van der Waals surface area contributed by atoms with Gasteiger partial charge in [-0.15, -0.1) is 23.2 Å². The van der Waals surface area contributed by atoms with Gasteiger partial charge in [0.2, 0.25) is 5.91 Å². The zero-order valence-electron chi connectivity index (χ0n) is 10.8. The van der Waals surface area contributed by atoms with E-state index in [4.69, 9.17) is 23.2 Å². The average Bonchev–Trinajstić information content (AvgIpc) is 2.45. The van der Waals surface area contributed by atoms with Crippen molar-refractivity contribution in [2.75, 3.05) is 36.3 Å². The number of carbonyl (C=O) groups is 2. The lowest BCUT2D eigenvalue weighted by molar-refractivity contribution is -0.246. The molecule has 0 spiro atoms. The van der Waals surface area contributed by atoms with Crippen molar-refractivity contribution in [3.8, 4) is 0 Å². The second-order valence-corrected chi connectivity index (χ2v) is 4.70. The number of amides is 2. The maximum absolute atomic E-state index is 12.1. The first-order valence-corrected chi connectivity index (χ1v) is 7.10. The number of carboxylic acid groups (broad SMARTS) is 1. The molecular formula is C13H15Cl2N2O3-. The zero-order valence-corrected chi connectivity index (χ0v) is 12.3. The van der Waals surface area contributed by atoms with Gasteiger partial charge in [0, 0.05) is 30.5 Å². The van der Waals surface area contributed by atoms with Gasteiger partial charge >= 0.3 is 0 Å². The summed E-state index contributed by atoms with van der Waals surface area (Å²) >= 11 is 11.2. The van der Waals surface area contributed by atoms with Gasteiger partial charge in [-0.1, -0.05) is 18.2 Å². The quantitative estimate of drug-likeness (QED) is 0.708. The lowest BCUT2D eigenvalue weighted by Gasteiger charge is -2.28. The van der Waals surface area contributed by atoms with Crippen molar-refractivity contribution < 1.29 is 14.7 Å². The van der Waals surface area contributed by atoms with Crippen molar-refractivity contribution >= 4 is 40.9 Å². The van der Waals surface area contributed by atoms with Gasteiger partial charge < -0.3 is 19.7 Å². The Morgan fingerprint density at radius 1 is 1.05 bits per heavy atom. The van der Waals surface area contributed by atoms with E-state index in [0.717, 1.165) is 4.90 Å². The molecule has 0 aromatic heterocycles. The molecule has 0 saturated carbocycles. The van der Waals surface area contributed by atoms with E-state index in [2.05, 4.69) is 0 Å². The Labute approximate surface area is 127 Å². The first kappa shape index (κ1) is 16.6. The van der Waals surface area contributed by atoms with Crippen molar-refractivity contribution in [3.63, 3.8) is 0 Å². The van der Waals surface area contributed by atoms with E-state index in [0.29, 0.717) is 18.8 Å².